The fraction of sp³-hybridized carbons (Fsp3) is 1.00. The lowest BCUT2D eigenvalue weighted by molar-refractivity contribution is 0.155. The Balaban J connectivity index is 1.67. The second-order valence-electron chi connectivity index (χ2n) is 6.23. The fourth-order valence-corrected chi connectivity index (χ4v) is 3.25. The third kappa shape index (κ3) is 3.94. The van der Waals surface area contributed by atoms with Gasteiger partial charge in [0.25, 0.3) is 0 Å². The second kappa shape index (κ2) is 6.17. The Morgan fingerprint density at radius 2 is 2.00 bits per heavy atom. The first-order valence-corrected chi connectivity index (χ1v) is 7.27. The lowest BCUT2D eigenvalue weighted by Gasteiger charge is -2.37. The molecule has 0 saturated carbocycles. The number of nitrogens with zero attached hydrogens (tertiary/aromatic N) is 2. The molecular formula is C14H29N3. The third-order valence-electron chi connectivity index (χ3n) is 4.63. The molecule has 2 fully saturated rings. The Labute approximate surface area is 107 Å². The van der Waals surface area contributed by atoms with E-state index in [9.17, 15) is 0 Å². The largest absolute Gasteiger partial charge is 0.314 e. The van der Waals surface area contributed by atoms with Gasteiger partial charge in [0.05, 0.1) is 0 Å². The van der Waals surface area contributed by atoms with Gasteiger partial charge in [-0.25, -0.2) is 0 Å². The first-order valence-electron chi connectivity index (χ1n) is 7.27. The lowest BCUT2D eigenvalue weighted by atomic mass is 9.95. The van der Waals surface area contributed by atoms with Crippen LogP contribution in [0.15, 0.2) is 0 Å². The number of hydrogen-bond donors (Lipinski definition) is 1. The molecule has 2 saturated heterocycles. The molecule has 2 aliphatic rings. The van der Waals surface area contributed by atoms with Crippen LogP contribution in [0.3, 0.4) is 0 Å². The molecule has 17 heavy (non-hydrogen) atoms. The zero-order chi connectivity index (χ0) is 12.3. The average Bonchev–Trinajstić information content (AvgIpc) is 2.31. The molecule has 2 rings (SSSR count). The van der Waals surface area contributed by atoms with Crippen LogP contribution in [0.2, 0.25) is 0 Å². The van der Waals surface area contributed by atoms with Gasteiger partial charge < -0.3 is 15.1 Å². The molecule has 100 valence electrons. The minimum atomic E-state index is 0.746. The van der Waals surface area contributed by atoms with Gasteiger partial charge in [0.15, 0.2) is 0 Å². The summed E-state index contributed by atoms with van der Waals surface area (Å²) in [5.41, 5.74) is 0. The molecule has 3 heteroatoms. The van der Waals surface area contributed by atoms with Crippen LogP contribution in [0.4, 0.5) is 0 Å². The van der Waals surface area contributed by atoms with Gasteiger partial charge in [-0.2, -0.15) is 0 Å². The van der Waals surface area contributed by atoms with Crippen molar-refractivity contribution in [3.8, 4) is 0 Å². The van der Waals surface area contributed by atoms with E-state index >= 15 is 0 Å². The van der Waals surface area contributed by atoms with E-state index in [4.69, 9.17) is 0 Å². The third-order valence-corrected chi connectivity index (χ3v) is 4.63. The zero-order valence-electron chi connectivity index (χ0n) is 11.8. The molecule has 0 amide bonds. The van der Waals surface area contributed by atoms with Gasteiger partial charge in [0, 0.05) is 18.6 Å². The Morgan fingerprint density at radius 3 is 2.71 bits per heavy atom. The molecule has 3 unspecified atom stereocenters. The topological polar surface area (TPSA) is 18.5 Å². The molecule has 0 aliphatic carbocycles. The molecule has 0 aromatic carbocycles. The van der Waals surface area contributed by atoms with E-state index in [-0.39, 0.29) is 0 Å². The van der Waals surface area contributed by atoms with Gasteiger partial charge >= 0.3 is 0 Å². The van der Waals surface area contributed by atoms with Crippen LogP contribution in [0.25, 0.3) is 0 Å². The summed E-state index contributed by atoms with van der Waals surface area (Å²) in [6.07, 6.45) is 5.44. The summed E-state index contributed by atoms with van der Waals surface area (Å²) in [7, 11) is 4.50. The standard InChI is InChI=1S/C14H29N3/c1-12-9-14(6-8-17(12)3)15-10-13-5-4-7-16(2)11-13/h12-15H,4-11H2,1-3H3. The maximum atomic E-state index is 3.81. The van der Waals surface area contributed by atoms with E-state index in [2.05, 4.69) is 36.1 Å². The Hall–Kier alpha value is -0.120. The van der Waals surface area contributed by atoms with Crippen LogP contribution in [0.1, 0.15) is 32.6 Å². The Kier molecular flexibility index (Phi) is 4.83. The van der Waals surface area contributed by atoms with Gasteiger partial charge in [-0.05, 0) is 72.3 Å². The van der Waals surface area contributed by atoms with E-state index in [1.165, 1.54) is 51.9 Å². The van der Waals surface area contributed by atoms with Crippen molar-refractivity contribution in [2.24, 2.45) is 5.92 Å². The van der Waals surface area contributed by atoms with Gasteiger partial charge in [0.1, 0.15) is 0 Å². The first kappa shape index (κ1) is 13.3. The fourth-order valence-electron chi connectivity index (χ4n) is 3.25. The van der Waals surface area contributed by atoms with Gasteiger partial charge in [-0.15, -0.1) is 0 Å². The lowest BCUT2D eigenvalue weighted by Crippen LogP contribution is -2.47. The summed E-state index contributed by atoms with van der Waals surface area (Å²) < 4.78 is 0. The SMILES string of the molecule is CC1CC(NCC2CCCN(C)C2)CCN1C. The van der Waals surface area contributed by atoms with Crippen LogP contribution in [0, 0.1) is 5.92 Å². The summed E-state index contributed by atoms with van der Waals surface area (Å²) in [4.78, 5) is 4.96. The molecule has 0 bridgehead atoms. The predicted molar refractivity (Wildman–Crippen MR) is 73.3 cm³/mol. The Bertz CT molecular complexity index is 232. The highest BCUT2D eigenvalue weighted by molar-refractivity contribution is 4.82. The highest BCUT2D eigenvalue weighted by Crippen LogP contribution is 2.18. The van der Waals surface area contributed by atoms with Crippen LogP contribution in [0.5, 0.6) is 0 Å². The van der Waals surface area contributed by atoms with Crippen LogP contribution in [-0.4, -0.2) is 62.2 Å². The molecule has 2 aliphatic heterocycles. The maximum absolute atomic E-state index is 3.81. The smallest absolute Gasteiger partial charge is 0.00941 e. The van der Waals surface area contributed by atoms with Crippen molar-refractivity contribution < 1.29 is 0 Å². The number of piperidine rings is 2. The van der Waals surface area contributed by atoms with Crippen molar-refractivity contribution in [1.29, 1.82) is 0 Å². The number of hydrogen-bond acceptors (Lipinski definition) is 3. The normalized spacial score (nSPS) is 37.2. The molecule has 3 atom stereocenters. The second-order valence-corrected chi connectivity index (χ2v) is 6.23. The Morgan fingerprint density at radius 1 is 1.18 bits per heavy atom. The minimum absolute atomic E-state index is 0.746. The summed E-state index contributed by atoms with van der Waals surface area (Å²) >= 11 is 0. The number of rotatable bonds is 3. The van der Waals surface area contributed by atoms with E-state index in [1.807, 2.05) is 0 Å². The summed E-state index contributed by atoms with van der Waals surface area (Å²) in [6, 6.07) is 1.50. The van der Waals surface area contributed by atoms with Crippen molar-refractivity contribution in [3.63, 3.8) is 0 Å². The molecule has 2 heterocycles. The maximum Gasteiger partial charge on any atom is 0.00941 e. The highest BCUT2D eigenvalue weighted by Gasteiger charge is 2.24. The first-order chi connectivity index (χ1) is 8.15. The van der Waals surface area contributed by atoms with Crippen LogP contribution >= 0.6 is 0 Å². The molecule has 0 aromatic rings. The molecule has 0 spiro atoms. The van der Waals surface area contributed by atoms with Gasteiger partial charge in [-0.3, -0.25) is 0 Å². The molecule has 0 radical (unpaired) electrons. The molecule has 1 N–H and O–H groups in total. The quantitative estimate of drug-likeness (QED) is 0.803. The summed E-state index contributed by atoms with van der Waals surface area (Å²) in [6.45, 7) is 7.41. The van der Waals surface area contributed by atoms with E-state index < -0.39 is 0 Å². The van der Waals surface area contributed by atoms with Crippen molar-refractivity contribution >= 4 is 0 Å². The number of likely N-dealkylation sites (tertiary alicyclic amines) is 2. The zero-order valence-corrected chi connectivity index (χ0v) is 11.8. The van der Waals surface area contributed by atoms with Crippen molar-refractivity contribution in [3.05, 3.63) is 0 Å². The molecular weight excluding hydrogens is 210 g/mol. The number of nitrogens with one attached hydrogen (secondary N) is 1. The van der Waals surface area contributed by atoms with Crippen molar-refractivity contribution in [1.82, 2.24) is 15.1 Å². The van der Waals surface area contributed by atoms with Gasteiger partial charge in [0.2, 0.25) is 0 Å². The van der Waals surface area contributed by atoms with Crippen LogP contribution in [-0.2, 0) is 0 Å². The predicted octanol–water partition coefficient (Wildman–Crippen LogP) is 1.40. The minimum Gasteiger partial charge on any atom is -0.314 e. The van der Waals surface area contributed by atoms with Crippen molar-refractivity contribution in [2.75, 3.05) is 40.3 Å². The van der Waals surface area contributed by atoms with E-state index in [0.29, 0.717) is 0 Å². The average molecular weight is 239 g/mol. The highest BCUT2D eigenvalue weighted by atomic mass is 15.1. The van der Waals surface area contributed by atoms with Crippen molar-refractivity contribution in [2.45, 2.75) is 44.7 Å². The van der Waals surface area contributed by atoms with E-state index in [1.54, 1.807) is 0 Å². The van der Waals surface area contributed by atoms with Crippen LogP contribution < -0.4 is 5.32 Å². The molecule has 0 aromatic heterocycles. The summed E-state index contributed by atoms with van der Waals surface area (Å²) in [5.74, 6) is 0.878. The summed E-state index contributed by atoms with van der Waals surface area (Å²) in [5, 5.41) is 3.81. The van der Waals surface area contributed by atoms with Gasteiger partial charge in [-0.1, -0.05) is 0 Å². The monoisotopic (exact) mass is 239 g/mol. The molecule has 3 nitrogen and oxygen atoms in total. The van der Waals surface area contributed by atoms with E-state index in [0.717, 1.165) is 18.0 Å².